The van der Waals surface area contributed by atoms with Crippen molar-refractivity contribution in [2.24, 2.45) is 0 Å². The van der Waals surface area contributed by atoms with Gasteiger partial charge in [-0.1, -0.05) is 30.3 Å². The van der Waals surface area contributed by atoms with Crippen LogP contribution in [-0.4, -0.2) is 12.0 Å². The van der Waals surface area contributed by atoms with Gasteiger partial charge in [0.25, 0.3) is 5.69 Å². The van der Waals surface area contributed by atoms with E-state index in [4.69, 9.17) is 4.74 Å². The summed E-state index contributed by atoms with van der Waals surface area (Å²) in [5.41, 5.74) is 1.29. The van der Waals surface area contributed by atoms with Crippen LogP contribution in [0.4, 0.5) is 5.69 Å². The second kappa shape index (κ2) is 6.53. The third kappa shape index (κ3) is 3.37. The second-order valence-corrected chi connectivity index (χ2v) is 4.55. The molecule has 0 radical (unpaired) electrons. The van der Waals surface area contributed by atoms with Crippen molar-refractivity contribution in [3.8, 4) is 11.8 Å². The topological polar surface area (TPSA) is 76.2 Å². The van der Waals surface area contributed by atoms with Crippen LogP contribution in [0, 0.1) is 21.4 Å². The Labute approximate surface area is 122 Å². The number of nitriles is 1. The summed E-state index contributed by atoms with van der Waals surface area (Å²) in [6, 6.07) is 16.2. The van der Waals surface area contributed by atoms with Crippen molar-refractivity contribution >= 4 is 5.69 Å². The molecular weight excluding hydrogens is 268 g/mol. The van der Waals surface area contributed by atoms with Crippen LogP contribution in [0.15, 0.2) is 48.5 Å². The van der Waals surface area contributed by atoms with E-state index in [2.05, 4.69) is 6.07 Å². The number of hydrogen-bond donors (Lipinski definition) is 0. The predicted octanol–water partition coefficient (Wildman–Crippen LogP) is 3.45. The molecule has 1 atom stereocenters. The Morgan fingerprint density at radius 3 is 2.57 bits per heavy atom. The van der Waals surface area contributed by atoms with Gasteiger partial charge < -0.3 is 4.74 Å². The maximum absolute atomic E-state index is 11.2. The summed E-state index contributed by atoms with van der Waals surface area (Å²) < 4.78 is 5.00. The Morgan fingerprint density at radius 2 is 2.00 bits per heavy atom. The van der Waals surface area contributed by atoms with Crippen LogP contribution in [-0.2, 0) is 6.42 Å². The van der Waals surface area contributed by atoms with Crippen molar-refractivity contribution in [1.82, 2.24) is 0 Å². The van der Waals surface area contributed by atoms with Gasteiger partial charge in [0.15, 0.2) is 0 Å². The van der Waals surface area contributed by atoms with Gasteiger partial charge in [0.1, 0.15) is 5.75 Å². The summed E-state index contributed by atoms with van der Waals surface area (Å²) in [5, 5.41) is 20.6. The number of ether oxygens (including phenoxy) is 1. The zero-order chi connectivity index (χ0) is 15.2. The van der Waals surface area contributed by atoms with Gasteiger partial charge in [0, 0.05) is 5.56 Å². The largest absolute Gasteiger partial charge is 0.497 e. The van der Waals surface area contributed by atoms with Gasteiger partial charge in [0.2, 0.25) is 0 Å². The van der Waals surface area contributed by atoms with Crippen molar-refractivity contribution in [3.63, 3.8) is 0 Å². The molecule has 0 aliphatic carbocycles. The first-order chi connectivity index (χ1) is 10.2. The van der Waals surface area contributed by atoms with Crippen LogP contribution in [0.2, 0.25) is 0 Å². The molecule has 106 valence electrons. The van der Waals surface area contributed by atoms with E-state index >= 15 is 0 Å². The molecule has 0 aliphatic rings. The van der Waals surface area contributed by atoms with E-state index in [0.29, 0.717) is 17.7 Å². The summed E-state index contributed by atoms with van der Waals surface area (Å²) in [6.45, 7) is 0. The van der Waals surface area contributed by atoms with Crippen molar-refractivity contribution in [3.05, 3.63) is 69.8 Å². The van der Waals surface area contributed by atoms with Crippen molar-refractivity contribution in [2.75, 3.05) is 7.11 Å². The lowest BCUT2D eigenvalue weighted by atomic mass is 9.92. The van der Waals surface area contributed by atoms with E-state index in [9.17, 15) is 15.4 Å². The molecule has 1 unspecified atom stereocenters. The number of benzene rings is 2. The van der Waals surface area contributed by atoms with Crippen LogP contribution in [0.5, 0.6) is 5.75 Å². The quantitative estimate of drug-likeness (QED) is 0.621. The highest BCUT2D eigenvalue weighted by Crippen LogP contribution is 2.32. The molecule has 0 fully saturated rings. The smallest absolute Gasteiger partial charge is 0.277 e. The first-order valence-corrected chi connectivity index (χ1v) is 6.41. The van der Waals surface area contributed by atoms with Crippen LogP contribution in [0.1, 0.15) is 17.0 Å². The van der Waals surface area contributed by atoms with E-state index in [-0.39, 0.29) is 5.69 Å². The van der Waals surface area contributed by atoms with Gasteiger partial charge in [0.05, 0.1) is 30.1 Å². The SMILES string of the molecule is COc1ccc(C(C#N)Cc2ccccc2)c([N+](=O)[O-])c1. The third-order valence-corrected chi connectivity index (χ3v) is 3.25. The maximum Gasteiger partial charge on any atom is 0.277 e. The summed E-state index contributed by atoms with van der Waals surface area (Å²) in [5.74, 6) is -0.166. The molecule has 2 rings (SSSR count). The molecular formula is C16H14N2O3. The standard InChI is InChI=1S/C16H14N2O3/c1-21-14-7-8-15(16(10-14)18(19)20)13(11-17)9-12-5-3-2-4-6-12/h2-8,10,13H,9H2,1H3. The number of nitrogens with zero attached hydrogens (tertiary/aromatic N) is 2. The Morgan fingerprint density at radius 1 is 1.29 bits per heavy atom. The van der Waals surface area contributed by atoms with Gasteiger partial charge in [-0.05, 0) is 24.1 Å². The molecule has 0 amide bonds. The summed E-state index contributed by atoms with van der Waals surface area (Å²) in [4.78, 5) is 10.7. The lowest BCUT2D eigenvalue weighted by molar-refractivity contribution is -0.385. The first kappa shape index (κ1) is 14.5. The Balaban J connectivity index is 2.38. The van der Waals surface area contributed by atoms with Crippen LogP contribution in [0.25, 0.3) is 0 Å². The lowest BCUT2D eigenvalue weighted by Crippen LogP contribution is -2.05. The molecule has 0 spiro atoms. The van der Waals surface area contributed by atoms with Crippen LogP contribution < -0.4 is 4.74 Å². The molecule has 0 aromatic heterocycles. The number of rotatable bonds is 5. The van der Waals surface area contributed by atoms with Crippen LogP contribution in [0.3, 0.4) is 0 Å². The Bertz CT molecular complexity index is 678. The molecule has 0 aliphatic heterocycles. The predicted molar refractivity (Wildman–Crippen MR) is 78.1 cm³/mol. The lowest BCUT2D eigenvalue weighted by Gasteiger charge is -2.11. The number of nitro groups is 1. The molecule has 0 saturated heterocycles. The van der Waals surface area contributed by atoms with Gasteiger partial charge in [-0.25, -0.2) is 0 Å². The zero-order valence-corrected chi connectivity index (χ0v) is 11.5. The average Bonchev–Trinajstić information content (AvgIpc) is 2.53. The van der Waals surface area contributed by atoms with Crippen LogP contribution >= 0.6 is 0 Å². The molecule has 0 heterocycles. The minimum Gasteiger partial charge on any atom is -0.497 e. The Hall–Kier alpha value is -2.87. The number of hydrogen-bond acceptors (Lipinski definition) is 4. The molecule has 2 aromatic rings. The minimum absolute atomic E-state index is 0.0863. The highest BCUT2D eigenvalue weighted by molar-refractivity contribution is 5.50. The van der Waals surface area contributed by atoms with Crippen molar-refractivity contribution in [2.45, 2.75) is 12.3 Å². The zero-order valence-electron chi connectivity index (χ0n) is 11.5. The van der Waals surface area contributed by atoms with E-state index < -0.39 is 10.8 Å². The number of methoxy groups -OCH3 is 1. The molecule has 0 N–H and O–H groups in total. The highest BCUT2D eigenvalue weighted by Gasteiger charge is 2.23. The molecule has 0 bridgehead atoms. The van der Waals surface area contributed by atoms with Gasteiger partial charge in [-0.15, -0.1) is 0 Å². The molecule has 21 heavy (non-hydrogen) atoms. The fourth-order valence-corrected chi connectivity index (χ4v) is 2.18. The minimum atomic E-state index is -0.571. The van der Waals surface area contributed by atoms with E-state index in [1.807, 2.05) is 30.3 Å². The van der Waals surface area contributed by atoms with Gasteiger partial charge >= 0.3 is 0 Å². The van der Waals surface area contributed by atoms with Crippen molar-refractivity contribution in [1.29, 1.82) is 5.26 Å². The fraction of sp³-hybridized carbons (Fsp3) is 0.188. The van der Waals surface area contributed by atoms with Gasteiger partial charge in [-0.3, -0.25) is 10.1 Å². The molecule has 5 nitrogen and oxygen atoms in total. The van der Waals surface area contributed by atoms with Crippen molar-refractivity contribution < 1.29 is 9.66 Å². The summed E-state index contributed by atoms with van der Waals surface area (Å²) in [7, 11) is 1.45. The summed E-state index contributed by atoms with van der Waals surface area (Å²) >= 11 is 0. The molecule has 0 saturated carbocycles. The maximum atomic E-state index is 11.2. The molecule has 5 heteroatoms. The fourth-order valence-electron chi connectivity index (χ4n) is 2.18. The average molecular weight is 282 g/mol. The monoisotopic (exact) mass is 282 g/mol. The highest BCUT2D eigenvalue weighted by atomic mass is 16.6. The van der Waals surface area contributed by atoms with E-state index in [0.717, 1.165) is 5.56 Å². The Kier molecular flexibility index (Phi) is 4.52. The third-order valence-electron chi connectivity index (χ3n) is 3.25. The van der Waals surface area contributed by atoms with E-state index in [1.54, 1.807) is 12.1 Å². The second-order valence-electron chi connectivity index (χ2n) is 4.55. The van der Waals surface area contributed by atoms with E-state index in [1.165, 1.54) is 13.2 Å². The van der Waals surface area contributed by atoms with Gasteiger partial charge in [-0.2, -0.15) is 5.26 Å². The normalized spacial score (nSPS) is 11.4. The number of nitro benzene ring substituents is 1. The molecule has 2 aromatic carbocycles. The first-order valence-electron chi connectivity index (χ1n) is 6.41. The summed E-state index contributed by atoms with van der Waals surface area (Å²) in [6.07, 6.45) is 0.435.